The number of carbonyl (C=O) groups excluding carboxylic acids is 2. The zero-order valence-corrected chi connectivity index (χ0v) is 24.7. The number of nitrogens with zero attached hydrogens (tertiary/aromatic N) is 1. The van der Waals surface area contributed by atoms with E-state index in [0.29, 0.717) is 30.3 Å². The third kappa shape index (κ3) is 6.08. The molecule has 2 amide bonds. The van der Waals surface area contributed by atoms with Gasteiger partial charge in [0.15, 0.2) is 16.6 Å². The third-order valence-electron chi connectivity index (χ3n) is 6.29. The van der Waals surface area contributed by atoms with Crippen molar-refractivity contribution < 1.29 is 29.0 Å². The molecule has 1 saturated heterocycles. The number of hydrogen-bond acceptors (Lipinski definition) is 6. The number of halogens is 1. The molecule has 41 heavy (non-hydrogen) atoms. The van der Waals surface area contributed by atoms with E-state index >= 15 is 0 Å². The van der Waals surface area contributed by atoms with Crippen LogP contribution in [0.25, 0.3) is 16.8 Å². The summed E-state index contributed by atoms with van der Waals surface area (Å²) >= 11 is 7.37. The topological polar surface area (TPSA) is 105 Å². The zero-order valence-electron chi connectivity index (χ0n) is 21.7. The number of carboxylic acids is 1. The van der Waals surface area contributed by atoms with E-state index in [1.54, 1.807) is 18.2 Å². The van der Waals surface area contributed by atoms with Crippen molar-refractivity contribution in [3.8, 4) is 11.5 Å². The highest BCUT2D eigenvalue weighted by Crippen LogP contribution is 2.36. The summed E-state index contributed by atoms with van der Waals surface area (Å²) in [7, 11) is 0. The molecule has 2 N–H and O–H groups in total. The largest absolute Gasteiger partial charge is 0.490 e. The fraction of sp³-hybridized carbons (Fsp3) is 0.0968. The van der Waals surface area contributed by atoms with Crippen molar-refractivity contribution in [1.82, 2.24) is 5.32 Å². The first-order valence-electron chi connectivity index (χ1n) is 12.6. The average molecular weight is 679 g/mol. The summed E-state index contributed by atoms with van der Waals surface area (Å²) in [6, 6.07) is 23.5. The number of fused-ring (bicyclic) bond motifs is 1. The van der Waals surface area contributed by atoms with Crippen LogP contribution in [0.4, 0.5) is 5.69 Å². The van der Waals surface area contributed by atoms with Crippen molar-refractivity contribution in [2.45, 2.75) is 13.5 Å². The van der Waals surface area contributed by atoms with Crippen molar-refractivity contribution in [1.29, 1.82) is 0 Å². The molecule has 1 heterocycles. The maximum atomic E-state index is 13.5. The highest BCUT2D eigenvalue weighted by molar-refractivity contribution is 14.1. The van der Waals surface area contributed by atoms with Crippen LogP contribution in [0.2, 0.25) is 0 Å². The molecule has 0 aliphatic carbocycles. The fourth-order valence-electron chi connectivity index (χ4n) is 4.39. The third-order valence-corrected chi connectivity index (χ3v) is 7.38. The second-order valence-electron chi connectivity index (χ2n) is 9.05. The lowest BCUT2D eigenvalue weighted by molar-refractivity contribution is -0.122. The van der Waals surface area contributed by atoms with E-state index in [9.17, 15) is 19.5 Å². The number of aromatic carboxylic acids is 1. The first-order valence-corrected chi connectivity index (χ1v) is 14.1. The normalized spacial score (nSPS) is 14.3. The summed E-state index contributed by atoms with van der Waals surface area (Å²) < 4.78 is 12.8. The fourth-order valence-corrected chi connectivity index (χ4v) is 5.46. The number of ether oxygens (including phenoxy) is 2. The zero-order chi connectivity index (χ0) is 29.1. The Balaban J connectivity index is 1.44. The minimum absolute atomic E-state index is 0.0179. The Bertz CT molecular complexity index is 1750. The molecular weight excluding hydrogens is 655 g/mol. The van der Waals surface area contributed by atoms with Gasteiger partial charge in [0.2, 0.25) is 0 Å². The quantitative estimate of drug-likeness (QED) is 0.103. The Morgan fingerprint density at radius 1 is 1.00 bits per heavy atom. The molecule has 1 fully saturated rings. The monoisotopic (exact) mass is 678 g/mol. The summed E-state index contributed by atoms with van der Waals surface area (Å²) in [6.45, 7) is 2.56. The summed E-state index contributed by atoms with van der Waals surface area (Å²) in [4.78, 5) is 38.8. The second-order valence-corrected chi connectivity index (χ2v) is 10.6. The Labute approximate surface area is 254 Å². The molecular formula is C31H23IN2O6S. The first kappa shape index (κ1) is 28.2. The van der Waals surface area contributed by atoms with Gasteiger partial charge < -0.3 is 14.6 Å². The number of anilines is 1. The number of hydrogen-bond donors (Lipinski definition) is 2. The molecule has 0 bridgehead atoms. The number of rotatable bonds is 8. The lowest BCUT2D eigenvalue weighted by Crippen LogP contribution is -2.54. The van der Waals surface area contributed by atoms with Gasteiger partial charge in [0, 0.05) is 0 Å². The van der Waals surface area contributed by atoms with E-state index in [4.69, 9.17) is 21.7 Å². The van der Waals surface area contributed by atoms with Crippen LogP contribution < -0.4 is 19.7 Å². The van der Waals surface area contributed by atoms with E-state index in [1.807, 2.05) is 25.1 Å². The maximum Gasteiger partial charge on any atom is 0.335 e. The van der Waals surface area contributed by atoms with Gasteiger partial charge in [0.25, 0.3) is 11.8 Å². The molecule has 0 unspecified atom stereocenters. The Morgan fingerprint density at radius 3 is 2.54 bits per heavy atom. The molecule has 0 atom stereocenters. The molecule has 0 saturated carbocycles. The predicted octanol–water partition coefficient (Wildman–Crippen LogP) is 5.95. The van der Waals surface area contributed by atoms with Crippen LogP contribution in [0.5, 0.6) is 11.5 Å². The van der Waals surface area contributed by atoms with Gasteiger partial charge >= 0.3 is 5.97 Å². The minimum atomic E-state index is -1.15. The van der Waals surface area contributed by atoms with Crippen LogP contribution in [0.3, 0.4) is 0 Å². The van der Waals surface area contributed by atoms with Crippen LogP contribution in [0.1, 0.15) is 28.4 Å². The van der Waals surface area contributed by atoms with Crippen LogP contribution >= 0.6 is 34.8 Å². The van der Waals surface area contributed by atoms with Crippen molar-refractivity contribution in [3.63, 3.8) is 0 Å². The predicted molar refractivity (Wildman–Crippen MR) is 168 cm³/mol. The van der Waals surface area contributed by atoms with Gasteiger partial charge in [-0.05, 0) is 106 Å². The number of benzene rings is 4. The standard InChI is InChI=1S/C31H23IN2O6S/c1-2-39-26-15-19(14-25(32)27(26)40-17-18-10-11-20-6-3-4-7-21(20)12-18)13-24-28(35)33-31(41)34(29(24)36)23-9-5-8-22(16-23)30(37)38/h3-16H,2,17H2,1H3,(H,37,38)(H,33,35,41). The lowest BCUT2D eigenvalue weighted by atomic mass is 10.1. The average Bonchev–Trinajstić information content (AvgIpc) is 2.95. The molecule has 8 nitrogen and oxygen atoms in total. The SMILES string of the molecule is CCOc1cc(C=C2C(=O)NC(=S)N(c3cccc(C(=O)O)c3)C2=O)cc(I)c1OCc1ccc2ccccc2c1. The van der Waals surface area contributed by atoms with Crippen molar-refractivity contribution in [2.24, 2.45) is 0 Å². The van der Waals surface area contributed by atoms with Crippen LogP contribution in [-0.4, -0.2) is 34.6 Å². The molecule has 0 spiro atoms. The van der Waals surface area contributed by atoms with E-state index in [-0.39, 0.29) is 21.9 Å². The lowest BCUT2D eigenvalue weighted by Gasteiger charge is -2.29. The molecule has 5 rings (SSSR count). The minimum Gasteiger partial charge on any atom is -0.490 e. The highest BCUT2D eigenvalue weighted by Gasteiger charge is 2.35. The smallest absolute Gasteiger partial charge is 0.335 e. The number of carbonyl (C=O) groups is 3. The van der Waals surface area contributed by atoms with E-state index < -0.39 is 17.8 Å². The van der Waals surface area contributed by atoms with Gasteiger partial charge in [0.1, 0.15) is 12.2 Å². The number of thiocarbonyl (C=S) groups is 1. The van der Waals surface area contributed by atoms with E-state index in [0.717, 1.165) is 24.8 Å². The Morgan fingerprint density at radius 2 is 1.78 bits per heavy atom. The molecule has 206 valence electrons. The Hall–Kier alpha value is -4.29. The summed E-state index contributed by atoms with van der Waals surface area (Å²) in [5, 5.41) is 14.0. The molecule has 0 aromatic heterocycles. The van der Waals surface area contributed by atoms with Crippen molar-refractivity contribution >= 4 is 80.2 Å². The van der Waals surface area contributed by atoms with Gasteiger partial charge in [-0.1, -0.05) is 42.5 Å². The van der Waals surface area contributed by atoms with Crippen LogP contribution in [0.15, 0.2) is 84.4 Å². The van der Waals surface area contributed by atoms with Gasteiger partial charge in [0.05, 0.1) is 21.4 Å². The molecule has 4 aromatic carbocycles. The van der Waals surface area contributed by atoms with E-state index in [1.165, 1.54) is 24.3 Å². The Kier molecular flexibility index (Phi) is 8.31. The van der Waals surface area contributed by atoms with Crippen LogP contribution in [-0.2, 0) is 16.2 Å². The summed E-state index contributed by atoms with van der Waals surface area (Å²) in [6.07, 6.45) is 1.45. The molecule has 1 aliphatic heterocycles. The maximum absolute atomic E-state index is 13.5. The van der Waals surface area contributed by atoms with Crippen LogP contribution in [0, 0.1) is 3.57 Å². The molecule has 4 aromatic rings. The van der Waals surface area contributed by atoms with E-state index in [2.05, 4.69) is 52.2 Å². The number of carboxylic acid groups (broad SMARTS) is 1. The second kappa shape index (κ2) is 12.1. The van der Waals surface area contributed by atoms with Gasteiger partial charge in [-0.25, -0.2) is 4.79 Å². The molecule has 10 heteroatoms. The van der Waals surface area contributed by atoms with Crippen molar-refractivity contribution in [2.75, 3.05) is 11.5 Å². The summed E-state index contributed by atoms with van der Waals surface area (Å²) in [5.41, 5.74) is 1.59. The van der Waals surface area contributed by atoms with Gasteiger partial charge in [-0.3, -0.25) is 19.8 Å². The highest BCUT2D eigenvalue weighted by atomic mass is 127. The van der Waals surface area contributed by atoms with Gasteiger partial charge in [-0.15, -0.1) is 0 Å². The molecule has 0 radical (unpaired) electrons. The first-order chi connectivity index (χ1) is 19.7. The number of nitrogens with one attached hydrogen (secondary N) is 1. The number of amides is 2. The van der Waals surface area contributed by atoms with Crippen molar-refractivity contribution in [3.05, 3.63) is 105 Å². The summed E-state index contributed by atoms with van der Waals surface area (Å²) in [5.74, 6) is -1.46. The molecule has 1 aliphatic rings. The van der Waals surface area contributed by atoms with Gasteiger partial charge in [-0.2, -0.15) is 0 Å².